The van der Waals surface area contributed by atoms with Crippen molar-refractivity contribution in [3.63, 3.8) is 0 Å². The zero-order chi connectivity index (χ0) is 15.0. The molecule has 0 aliphatic carbocycles. The molecule has 2 atom stereocenters. The van der Waals surface area contributed by atoms with E-state index in [9.17, 15) is 9.90 Å². The van der Waals surface area contributed by atoms with E-state index in [0.29, 0.717) is 5.75 Å². The second kappa shape index (κ2) is 8.59. The van der Waals surface area contributed by atoms with Gasteiger partial charge in [-0.25, -0.2) is 4.79 Å². The maximum atomic E-state index is 10.7. The van der Waals surface area contributed by atoms with E-state index in [-0.39, 0.29) is 6.10 Å². The number of aliphatic hydroxyl groups excluding tert-OH is 1. The first-order valence-electron chi connectivity index (χ1n) is 7.19. The van der Waals surface area contributed by atoms with Gasteiger partial charge in [0.2, 0.25) is 0 Å². The Hall–Kier alpha value is -1.55. The quantitative estimate of drug-likeness (QED) is 0.729. The summed E-state index contributed by atoms with van der Waals surface area (Å²) in [5.74, 6) is -0.399. The molecule has 2 N–H and O–H groups in total. The smallest absolute Gasteiger partial charge is 0.344 e. The largest absolute Gasteiger partial charge is 0.479 e. The van der Waals surface area contributed by atoms with Crippen LogP contribution in [0.25, 0.3) is 0 Å². The first-order chi connectivity index (χ1) is 9.52. The normalized spacial score (nSPS) is 13.8. The van der Waals surface area contributed by atoms with Crippen molar-refractivity contribution in [2.75, 3.05) is 0 Å². The topological polar surface area (TPSA) is 66.8 Å². The van der Waals surface area contributed by atoms with Crippen LogP contribution in [0, 0.1) is 0 Å². The predicted octanol–water partition coefficient (Wildman–Crippen LogP) is 3.02. The van der Waals surface area contributed by atoms with E-state index in [0.717, 1.165) is 37.7 Å². The Morgan fingerprint density at radius 2 is 2.10 bits per heavy atom. The van der Waals surface area contributed by atoms with Crippen molar-refractivity contribution < 1.29 is 19.7 Å². The van der Waals surface area contributed by atoms with Gasteiger partial charge in [-0.05, 0) is 50.3 Å². The minimum Gasteiger partial charge on any atom is -0.479 e. The molecule has 0 aromatic heterocycles. The second-order valence-electron chi connectivity index (χ2n) is 5.08. The number of aryl methyl sites for hydroxylation is 1. The molecule has 2 unspecified atom stereocenters. The molecule has 0 bridgehead atoms. The number of ether oxygens (including phenoxy) is 1. The van der Waals surface area contributed by atoms with Crippen molar-refractivity contribution in [2.24, 2.45) is 0 Å². The lowest BCUT2D eigenvalue weighted by Gasteiger charge is -2.12. The molecular formula is C16H24O4. The molecular weight excluding hydrogens is 256 g/mol. The summed E-state index contributed by atoms with van der Waals surface area (Å²) in [6.07, 6.45) is 3.35. The van der Waals surface area contributed by atoms with Crippen molar-refractivity contribution in [3.05, 3.63) is 29.8 Å². The Labute approximate surface area is 120 Å². The van der Waals surface area contributed by atoms with E-state index in [4.69, 9.17) is 9.84 Å². The highest BCUT2D eigenvalue weighted by Gasteiger charge is 2.12. The average molecular weight is 280 g/mol. The van der Waals surface area contributed by atoms with Crippen molar-refractivity contribution in [3.8, 4) is 5.75 Å². The van der Waals surface area contributed by atoms with Gasteiger partial charge in [0.15, 0.2) is 6.10 Å². The Kier molecular flexibility index (Phi) is 7.09. The summed E-state index contributed by atoms with van der Waals surface area (Å²) in [5, 5.41) is 18.5. The minimum absolute atomic E-state index is 0.216. The van der Waals surface area contributed by atoms with Gasteiger partial charge in [0.05, 0.1) is 6.10 Å². The average Bonchev–Trinajstić information content (AvgIpc) is 2.39. The van der Waals surface area contributed by atoms with Crippen LogP contribution in [0.5, 0.6) is 5.75 Å². The number of carboxylic acid groups (broad SMARTS) is 1. The van der Waals surface area contributed by atoms with Gasteiger partial charge in [0, 0.05) is 0 Å². The lowest BCUT2D eigenvalue weighted by atomic mass is 10.0. The third-order valence-corrected chi connectivity index (χ3v) is 3.18. The van der Waals surface area contributed by atoms with Crippen molar-refractivity contribution in [2.45, 2.75) is 58.2 Å². The molecule has 0 amide bonds. The maximum absolute atomic E-state index is 10.7. The van der Waals surface area contributed by atoms with E-state index in [1.807, 2.05) is 18.2 Å². The highest BCUT2D eigenvalue weighted by Crippen LogP contribution is 2.17. The third-order valence-electron chi connectivity index (χ3n) is 3.18. The third kappa shape index (κ3) is 6.06. The Morgan fingerprint density at radius 3 is 2.75 bits per heavy atom. The standard InChI is InChI=1S/C16H24O4/c1-3-6-14(17)9-4-7-13-8-5-10-15(11-13)20-12(2)16(18)19/h5,8,10-12,14,17H,3-4,6-7,9H2,1-2H3,(H,18,19). The van der Waals surface area contributed by atoms with Gasteiger partial charge in [0.25, 0.3) is 0 Å². The van der Waals surface area contributed by atoms with Gasteiger partial charge in [-0.2, -0.15) is 0 Å². The van der Waals surface area contributed by atoms with E-state index in [1.165, 1.54) is 6.92 Å². The fraction of sp³-hybridized carbons (Fsp3) is 0.562. The van der Waals surface area contributed by atoms with Crippen LogP contribution < -0.4 is 4.74 Å². The van der Waals surface area contributed by atoms with Gasteiger partial charge in [-0.1, -0.05) is 25.5 Å². The SMILES string of the molecule is CCCC(O)CCCc1cccc(OC(C)C(=O)O)c1. The summed E-state index contributed by atoms with van der Waals surface area (Å²) in [6.45, 7) is 3.57. The number of carbonyl (C=O) groups is 1. The van der Waals surface area contributed by atoms with Crippen LogP contribution in [0.15, 0.2) is 24.3 Å². The fourth-order valence-electron chi connectivity index (χ4n) is 2.05. The molecule has 1 aromatic carbocycles. The number of benzene rings is 1. The molecule has 112 valence electrons. The molecule has 4 nitrogen and oxygen atoms in total. The highest BCUT2D eigenvalue weighted by molar-refractivity contribution is 5.72. The molecule has 0 heterocycles. The second-order valence-corrected chi connectivity index (χ2v) is 5.08. The van der Waals surface area contributed by atoms with Crippen LogP contribution in [0.1, 0.15) is 45.1 Å². The van der Waals surface area contributed by atoms with Crippen molar-refractivity contribution in [1.29, 1.82) is 0 Å². The number of aliphatic hydroxyl groups is 1. The van der Waals surface area contributed by atoms with E-state index < -0.39 is 12.1 Å². The van der Waals surface area contributed by atoms with Crippen LogP contribution in [-0.2, 0) is 11.2 Å². The van der Waals surface area contributed by atoms with Gasteiger partial charge in [0.1, 0.15) is 5.75 Å². The molecule has 4 heteroatoms. The summed E-state index contributed by atoms with van der Waals surface area (Å²) < 4.78 is 5.33. The number of hydrogen-bond donors (Lipinski definition) is 2. The first-order valence-corrected chi connectivity index (χ1v) is 7.19. The number of carboxylic acids is 1. The molecule has 0 spiro atoms. The van der Waals surface area contributed by atoms with E-state index >= 15 is 0 Å². The maximum Gasteiger partial charge on any atom is 0.344 e. The molecule has 0 saturated carbocycles. The lowest BCUT2D eigenvalue weighted by molar-refractivity contribution is -0.144. The fourth-order valence-corrected chi connectivity index (χ4v) is 2.05. The van der Waals surface area contributed by atoms with E-state index in [2.05, 4.69) is 6.92 Å². The number of hydrogen-bond acceptors (Lipinski definition) is 3. The summed E-state index contributed by atoms with van der Waals surface area (Å²) in [5.41, 5.74) is 1.10. The minimum atomic E-state index is -0.974. The summed E-state index contributed by atoms with van der Waals surface area (Å²) in [6, 6.07) is 7.48. The Morgan fingerprint density at radius 1 is 1.35 bits per heavy atom. The zero-order valence-corrected chi connectivity index (χ0v) is 12.2. The van der Waals surface area contributed by atoms with Crippen LogP contribution in [-0.4, -0.2) is 28.4 Å². The molecule has 0 aliphatic heterocycles. The summed E-state index contributed by atoms with van der Waals surface area (Å²) in [4.78, 5) is 10.7. The number of rotatable bonds is 9. The van der Waals surface area contributed by atoms with Crippen LogP contribution >= 0.6 is 0 Å². The highest BCUT2D eigenvalue weighted by atomic mass is 16.5. The van der Waals surface area contributed by atoms with Crippen molar-refractivity contribution in [1.82, 2.24) is 0 Å². The zero-order valence-electron chi connectivity index (χ0n) is 12.2. The lowest BCUT2D eigenvalue weighted by Crippen LogP contribution is -2.22. The molecule has 0 fully saturated rings. The number of aliphatic carboxylic acids is 1. The molecule has 0 saturated heterocycles. The van der Waals surface area contributed by atoms with Gasteiger partial charge in [-0.3, -0.25) is 0 Å². The molecule has 0 aliphatic rings. The van der Waals surface area contributed by atoms with Gasteiger partial charge >= 0.3 is 5.97 Å². The summed E-state index contributed by atoms with van der Waals surface area (Å²) >= 11 is 0. The van der Waals surface area contributed by atoms with Gasteiger partial charge < -0.3 is 14.9 Å². The summed E-state index contributed by atoms with van der Waals surface area (Å²) in [7, 11) is 0. The molecule has 1 aromatic rings. The monoisotopic (exact) mass is 280 g/mol. The van der Waals surface area contributed by atoms with Crippen LogP contribution in [0.4, 0.5) is 0 Å². The first kappa shape index (κ1) is 16.5. The van der Waals surface area contributed by atoms with E-state index in [1.54, 1.807) is 6.07 Å². The Balaban J connectivity index is 2.45. The predicted molar refractivity (Wildman–Crippen MR) is 78.0 cm³/mol. The van der Waals surface area contributed by atoms with Crippen LogP contribution in [0.3, 0.4) is 0 Å². The Bertz CT molecular complexity index is 417. The van der Waals surface area contributed by atoms with Crippen molar-refractivity contribution >= 4 is 5.97 Å². The molecule has 0 radical (unpaired) electrons. The van der Waals surface area contributed by atoms with Gasteiger partial charge in [-0.15, -0.1) is 0 Å². The molecule has 1 rings (SSSR count). The van der Waals surface area contributed by atoms with Crippen LogP contribution in [0.2, 0.25) is 0 Å². The molecule has 20 heavy (non-hydrogen) atoms.